The maximum absolute atomic E-state index is 5.36. The van der Waals surface area contributed by atoms with Crippen molar-refractivity contribution in [3.05, 3.63) is 22.4 Å². The molecule has 0 fully saturated rings. The van der Waals surface area contributed by atoms with Crippen LogP contribution >= 0.6 is 15.9 Å². The number of halogens is 1. The number of benzene rings is 1. The Kier molecular flexibility index (Phi) is 5.08. The fourth-order valence-electron chi connectivity index (χ4n) is 2.70. The molecule has 1 aromatic carbocycles. The van der Waals surface area contributed by atoms with Crippen molar-refractivity contribution >= 4 is 27.0 Å². The van der Waals surface area contributed by atoms with E-state index in [4.69, 9.17) is 9.72 Å². The summed E-state index contributed by atoms with van der Waals surface area (Å²) in [6.45, 7) is 4.49. The highest BCUT2D eigenvalue weighted by atomic mass is 79.9. The monoisotopic (exact) mass is 338 g/mol. The fraction of sp³-hybridized carbons (Fsp3) is 0.562. The van der Waals surface area contributed by atoms with Crippen LogP contribution in [0, 0.1) is 0 Å². The quantitative estimate of drug-likeness (QED) is 0.738. The Balaban J connectivity index is 2.46. The van der Waals surface area contributed by atoms with E-state index < -0.39 is 0 Å². The molecule has 1 aromatic heterocycles. The molecule has 110 valence electrons. The van der Waals surface area contributed by atoms with Gasteiger partial charge in [0.1, 0.15) is 11.6 Å². The average Bonchev–Trinajstić information content (AvgIpc) is 2.76. The fourth-order valence-corrected chi connectivity index (χ4v) is 3.19. The van der Waals surface area contributed by atoms with Gasteiger partial charge in [-0.05, 0) is 34.8 Å². The lowest BCUT2D eigenvalue weighted by Crippen LogP contribution is -2.05. The first kappa shape index (κ1) is 15.4. The number of hydrogen-bond donors (Lipinski definition) is 0. The lowest BCUT2D eigenvalue weighted by molar-refractivity contribution is 0.412. The number of nitrogens with zero attached hydrogens (tertiary/aromatic N) is 2. The zero-order chi connectivity index (χ0) is 14.7. The number of rotatable bonds is 6. The van der Waals surface area contributed by atoms with Gasteiger partial charge >= 0.3 is 0 Å². The van der Waals surface area contributed by atoms with Crippen LogP contribution in [0.25, 0.3) is 11.0 Å². The minimum atomic E-state index is 0.539. The summed E-state index contributed by atoms with van der Waals surface area (Å²) in [4.78, 5) is 4.85. The summed E-state index contributed by atoms with van der Waals surface area (Å²) < 4.78 is 8.56. The summed E-state index contributed by atoms with van der Waals surface area (Å²) in [6, 6.07) is 4.10. The Hall–Kier alpha value is -1.03. The van der Waals surface area contributed by atoms with Crippen LogP contribution in [0.4, 0.5) is 0 Å². The zero-order valence-electron chi connectivity index (χ0n) is 12.7. The average molecular weight is 339 g/mol. The van der Waals surface area contributed by atoms with Crippen molar-refractivity contribution in [1.29, 1.82) is 0 Å². The second-order valence-corrected chi connectivity index (χ2v) is 6.11. The molecule has 4 heteroatoms. The summed E-state index contributed by atoms with van der Waals surface area (Å²) in [5, 5.41) is 0. The second kappa shape index (κ2) is 6.61. The van der Waals surface area contributed by atoms with Gasteiger partial charge in [-0.25, -0.2) is 4.98 Å². The van der Waals surface area contributed by atoms with Gasteiger partial charge in [-0.15, -0.1) is 0 Å². The number of unbranched alkanes of at least 4 members (excludes halogenated alkanes) is 1. The standard InChI is InChI=1S/C16H23BrN2O/c1-5-7-8-11(6-2)16-18-13-10-15(20-4)12(17)9-14(13)19(16)3/h9-11H,5-8H2,1-4H3. The Labute approximate surface area is 129 Å². The molecule has 1 unspecified atom stereocenters. The first-order valence-corrected chi connectivity index (χ1v) is 8.11. The third-order valence-electron chi connectivity index (χ3n) is 3.95. The van der Waals surface area contributed by atoms with E-state index in [0.29, 0.717) is 5.92 Å². The highest BCUT2D eigenvalue weighted by Gasteiger charge is 2.18. The van der Waals surface area contributed by atoms with Crippen LogP contribution < -0.4 is 4.74 Å². The van der Waals surface area contributed by atoms with E-state index in [1.165, 1.54) is 25.1 Å². The molecule has 0 radical (unpaired) electrons. The van der Waals surface area contributed by atoms with Crippen LogP contribution in [0.3, 0.4) is 0 Å². The number of imidazole rings is 1. The molecule has 2 aromatic rings. The van der Waals surface area contributed by atoms with Crippen molar-refractivity contribution in [2.45, 2.75) is 45.4 Å². The largest absolute Gasteiger partial charge is 0.495 e. The minimum absolute atomic E-state index is 0.539. The zero-order valence-corrected chi connectivity index (χ0v) is 14.3. The molecule has 0 bridgehead atoms. The number of methoxy groups -OCH3 is 1. The van der Waals surface area contributed by atoms with E-state index in [1.807, 2.05) is 6.07 Å². The van der Waals surface area contributed by atoms with Gasteiger partial charge in [0.25, 0.3) is 0 Å². The highest BCUT2D eigenvalue weighted by Crippen LogP contribution is 2.33. The molecule has 1 heterocycles. The molecule has 0 aliphatic heterocycles. The molecule has 0 N–H and O–H groups in total. The van der Waals surface area contributed by atoms with E-state index in [9.17, 15) is 0 Å². The normalized spacial score (nSPS) is 12.8. The maximum Gasteiger partial charge on any atom is 0.135 e. The van der Waals surface area contributed by atoms with Crippen LogP contribution in [0.1, 0.15) is 51.3 Å². The lowest BCUT2D eigenvalue weighted by Gasteiger charge is -2.14. The van der Waals surface area contributed by atoms with E-state index in [-0.39, 0.29) is 0 Å². The Bertz CT molecular complexity index is 592. The third kappa shape index (κ3) is 2.85. The van der Waals surface area contributed by atoms with Crippen LogP contribution in [0.15, 0.2) is 16.6 Å². The Morgan fingerprint density at radius 2 is 2.10 bits per heavy atom. The highest BCUT2D eigenvalue weighted by molar-refractivity contribution is 9.10. The second-order valence-electron chi connectivity index (χ2n) is 5.25. The molecule has 0 amide bonds. The summed E-state index contributed by atoms with van der Waals surface area (Å²) in [6.07, 6.45) is 4.84. The molecule has 3 nitrogen and oxygen atoms in total. The van der Waals surface area contributed by atoms with Gasteiger partial charge in [-0.1, -0.05) is 26.7 Å². The SMILES string of the molecule is CCCCC(CC)c1nc2cc(OC)c(Br)cc2n1C. The molecule has 2 rings (SSSR count). The molecule has 0 aliphatic rings. The molecule has 0 saturated heterocycles. The van der Waals surface area contributed by atoms with Crippen molar-refractivity contribution in [2.75, 3.05) is 7.11 Å². The van der Waals surface area contributed by atoms with Gasteiger partial charge in [0.2, 0.25) is 0 Å². The number of aromatic nitrogens is 2. The molecule has 20 heavy (non-hydrogen) atoms. The predicted octanol–water partition coefficient (Wildman–Crippen LogP) is 5.03. The van der Waals surface area contributed by atoms with Gasteiger partial charge in [0.15, 0.2) is 0 Å². The summed E-state index contributed by atoms with van der Waals surface area (Å²) in [5.74, 6) is 2.57. The van der Waals surface area contributed by atoms with Gasteiger partial charge in [0, 0.05) is 19.0 Å². The number of hydrogen-bond acceptors (Lipinski definition) is 2. The van der Waals surface area contributed by atoms with E-state index in [2.05, 4.69) is 47.5 Å². The molecule has 0 saturated carbocycles. The molecular weight excluding hydrogens is 316 g/mol. The van der Waals surface area contributed by atoms with Crippen molar-refractivity contribution in [3.63, 3.8) is 0 Å². The number of fused-ring (bicyclic) bond motifs is 1. The van der Waals surface area contributed by atoms with Gasteiger partial charge in [0.05, 0.1) is 22.6 Å². The third-order valence-corrected chi connectivity index (χ3v) is 4.57. The van der Waals surface area contributed by atoms with Gasteiger partial charge < -0.3 is 9.30 Å². The lowest BCUT2D eigenvalue weighted by atomic mass is 9.98. The molecular formula is C16H23BrN2O. The summed E-state index contributed by atoms with van der Waals surface area (Å²) >= 11 is 3.55. The first-order valence-electron chi connectivity index (χ1n) is 7.32. The minimum Gasteiger partial charge on any atom is -0.495 e. The van der Waals surface area contributed by atoms with E-state index in [1.54, 1.807) is 7.11 Å². The summed E-state index contributed by atoms with van der Waals surface area (Å²) in [7, 11) is 3.80. The predicted molar refractivity (Wildman–Crippen MR) is 87.5 cm³/mol. The first-order chi connectivity index (χ1) is 9.62. The topological polar surface area (TPSA) is 27.1 Å². The van der Waals surface area contributed by atoms with E-state index >= 15 is 0 Å². The van der Waals surface area contributed by atoms with Crippen molar-refractivity contribution < 1.29 is 4.74 Å². The Morgan fingerprint density at radius 1 is 1.35 bits per heavy atom. The van der Waals surface area contributed by atoms with E-state index in [0.717, 1.165) is 27.7 Å². The smallest absolute Gasteiger partial charge is 0.135 e. The van der Waals surface area contributed by atoms with Crippen molar-refractivity contribution in [2.24, 2.45) is 7.05 Å². The van der Waals surface area contributed by atoms with Crippen LogP contribution in [0.2, 0.25) is 0 Å². The number of aryl methyl sites for hydroxylation is 1. The molecule has 0 spiro atoms. The van der Waals surface area contributed by atoms with Crippen LogP contribution in [0.5, 0.6) is 5.75 Å². The van der Waals surface area contributed by atoms with Gasteiger partial charge in [-0.2, -0.15) is 0 Å². The van der Waals surface area contributed by atoms with Crippen LogP contribution in [-0.4, -0.2) is 16.7 Å². The number of ether oxygens (including phenoxy) is 1. The Morgan fingerprint density at radius 3 is 2.70 bits per heavy atom. The molecule has 1 atom stereocenters. The van der Waals surface area contributed by atoms with Crippen LogP contribution in [-0.2, 0) is 7.05 Å². The maximum atomic E-state index is 5.36. The van der Waals surface area contributed by atoms with Gasteiger partial charge in [-0.3, -0.25) is 0 Å². The molecule has 0 aliphatic carbocycles. The van der Waals surface area contributed by atoms with Crippen molar-refractivity contribution in [1.82, 2.24) is 9.55 Å². The summed E-state index contributed by atoms with van der Waals surface area (Å²) in [5.41, 5.74) is 2.17. The van der Waals surface area contributed by atoms with Crippen molar-refractivity contribution in [3.8, 4) is 5.75 Å².